The molecule has 0 spiro atoms. The van der Waals surface area contributed by atoms with E-state index in [0.717, 1.165) is 13.1 Å². The maximum absolute atomic E-state index is 4.46. The first-order chi connectivity index (χ1) is 8.81. The van der Waals surface area contributed by atoms with Crippen LogP contribution >= 0.6 is 11.3 Å². The molecule has 0 aliphatic carbocycles. The van der Waals surface area contributed by atoms with Crippen molar-refractivity contribution in [2.45, 2.75) is 32.4 Å². The summed E-state index contributed by atoms with van der Waals surface area (Å²) >= 11 is 1.85. The van der Waals surface area contributed by atoms with Crippen LogP contribution in [0.15, 0.2) is 29.9 Å². The molecule has 1 aliphatic heterocycles. The van der Waals surface area contributed by atoms with Crippen LogP contribution in [0.25, 0.3) is 0 Å². The van der Waals surface area contributed by atoms with Crippen molar-refractivity contribution in [2.24, 2.45) is 0 Å². The summed E-state index contributed by atoms with van der Waals surface area (Å²) in [6.07, 6.45) is 6.65. The van der Waals surface area contributed by atoms with E-state index in [0.29, 0.717) is 6.04 Å². The number of aryl methyl sites for hydroxylation is 1. The molecule has 3 heterocycles. The Morgan fingerprint density at radius 3 is 3.17 bits per heavy atom. The maximum atomic E-state index is 4.46. The average Bonchev–Trinajstić information content (AvgIpc) is 3.01. The Morgan fingerprint density at radius 2 is 2.44 bits per heavy atom. The molecule has 0 amide bonds. The van der Waals surface area contributed by atoms with Gasteiger partial charge in [-0.1, -0.05) is 6.07 Å². The lowest BCUT2D eigenvalue weighted by atomic mass is 10.1. The molecule has 1 saturated heterocycles. The number of hydrogen-bond donors (Lipinski definition) is 0. The van der Waals surface area contributed by atoms with Crippen LogP contribution < -0.4 is 0 Å². The molecule has 1 fully saturated rings. The van der Waals surface area contributed by atoms with E-state index in [1.165, 1.54) is 29.8 Å². The molecule has 96 valence electrons. The highest BCUT2D eigenvalue weighted by molar-refractivity contribution is 7.09. The second-order valence-corrected chi connectivity index (χ2v) is 6.14. The standard InChI is InChI=1S/C14H19N3S/c1-12-8-15-17(9-12)13-4-2-6-16(10-13)11-14-5-3-7-18-14/h3,5,7-9,13H,2,4,6,10-11H2,1H3. The summed E-state index contributed by atoms with van der Waals surface area (Å²) in [6, 6.07) is 4.91. The van der Waals surface area contributed by atoms with Crippen LogP contribution in [0, 0.1) is 6.92 Å². The molecule has 3 rings (SSSR count). The highest BCUT2D eigenvalue weighted by Gasteiger charge is 2.21. The molecule has 1 aliphatic rings. The van der Waals surface area contributed by atoms with Crippen molar-refractivity contribution in [1.29, 1.82) is 0 Å². The first kappa shape index (κ1) is 11.9. The molecule has 18 heavy (non-hydrogen) atoms. The van der Waals surface area contributed by atoms with Gasteiger partial charge in [0.2, 0.25) is 0 Å². The smallest absolute Gasteiger partial charge is 0.0646 e. The van der Waals surface area contributed by atoms with Gasteiger partial charge >= 0.3 is 0 Å². The van der Waals surface area contributed by atoms with Crippen molar-refractivity contribution in [3.63, 3.8) is 0 Å². The molecule has 0 saturated carbocycles. The highest BCUT2D eigenvalue weighted by Crippen LogP contribution is 2.23. The Morgan fingerprint density at radius 1 is 1.50 bits per heavy atom. The largest absolute Gasteiger partial charge is 0.296 e. The van der Waals surface area contributed by atoms with Gasteiger partial charge in [-0.3, -0.25) is 9.58 Å². The number of piperidine rings is 1. The molecular formula is C14H19N3S. The Balaban J connectivity index is 1.65. The second kappa shape index (κ2) is 5.24. The van der Waals surface area contributed by atoms with Gasteiger partial charge in [-0.05, 0) is 43.3 Å². The molecule has 1 unspecified atom stereocenters. The average molecular weight is 261 g/mol. The number of thiophene rings is 1. The fraction of sp³-hybridized carbons (Fsp3) is 0.500. The van der Waals surface area contributed by atoms with Gasteiger partial charge in [0.1, 0.15) is 0 Å². The first-order valence-electron chi connectivity index (χ1n) is 6.57. The third-order valence-electron chi connectivity index (χ3n) is 3.54. The third kappa shape index (κ3) is 2.65. The quantitative estimate of drug-likeness (QED) is 0.846. The lowest BCUT2D eigenvalue weighted by molar-refractivity contribution is 0.164. The van der Waals surface area contributed by atoms with Crippen molar-refractivity contribution >= 4 is 11.3 Å². The summed E-state index contributed by atoms with van der Waals surface area (Å²) in [6.45, 7) is 5.54. The molecule has 4 heteroatoms. The van der Waals surface area contributed by atoms with E-state index >= 15 is 0 Å². The lowest BCUT2D eigenvalue weighted by Gasteiger charge is -2.32. The van der Waals surface area contributed by atoms with E-state index in [1.54, 1.807) is 0 Å². The Bertz CT molecular complexity index is 489. The van der Waals surface area contributed by atoms with E-state index in [1.807, 2.05) is 17.5 Å². The number of likely N-dealkylation sites (tertiary alicyclic amines) is 1. The number of aromatic nitrogens is 2. The topological polar surface area (TPSA) is 21.1 Å². The van der Waals surface area contributed by atoms with E-state index in [4.69, 9.17) is 0 Å². The van der Waals surface area contributed by atoms with E-state index in [9.17, 15) is 0 Å². The van der Waals surface area contributed by atoms with Crippen LogP contribution in [0.5, 0.6) is 0 Å². The fourth-order valence-corrected chi connectivity index (χ4v) is 3.39. The highest BCUT2D eigenvalue weighted by atomic mass is 32.1. The van der Waals surface area contributed by atoms with Crippen molar-refractivity contribution < 1.29 is 0 Å². The minimum absolute atomic E-state index is 0.549. The van der Waals surface area contributed by atoms with Crippen molar-refractivity contribution in [3.05, 3.63) is 40.3 Å². The van der Waals surface area contributed by atoms with Crippen molar-refractivity contribution in [2.75, 3.05) is 13.1 Å². The molecule has 1 atom stereocenters. The van der Waals surface area contributed by atoms with Gasteiger partial charge in [-0.25, -0.2) is 0 Å². The molecule has 0 bridgehead atoms. The fourth-order valence-electron chi connectivity index (χ4n) is 2.65. The summed E-state index contributed by atoms with van der Waals surface area (Å²) < 4.78 is 2.15. The van der Waals surface area contributed by atoms with Crippen LogP contribution in [0.3, 0.4) is 0 Å². The zero-order valence-corrected chi connectivity index (χ0v) is 11.6. The molecule has 3 nitrogen and oxygen atoms in total. The van der Waals surface area contributed by atoms with E-state index in [2.05, 4.69) is 45.3 Å². The summed E-state index contributed by atoms with van der Waals surface area (Å²) in [5.74, 6) is 0. The predicted octanol–water partition coefficient (Wildman–Crippen LogP) is 3.09. The maximum Gasteiger partial charge on any atom is 0.0646 e. The molecule has 0 radical (unpaired) electrons. The van der Waals surface area contributed by atoms with Crippen LogP contribution in [0.2, 0.25) is 0 Å². The van der Waals surface area contributed by atoms with E-state index < -0.39 is 0 Å². The van der Waals surface area contributed by atoms with Crippen LogP contribution in [0.1, 0.15) is 29.3 Å². The van der Waals surface area contributed by atoms with Gasteiger partial charge in [0.25, 0.3) is 0 Å². The van der Waals surface area contributed by atoms with Crippen molar-refractivity contribution in [3.8, 4) is 0 Å². The molecular weight excluding hydrogens is 242 g/mol. The number of hydrogen-bond acceptors (Lipinski definition) is 3. The lowest BCUT2D eigenvalue weighted by Crippen LogP contribution is -2.36. The monoisotopic (exact) mass is 261 g/mol. The third-order valence-corrected chi connectivity index (χ3v) is 4.41. The van der Waals surface area contributed by atoms with Crippen LogP contribution in [0.4, 0.5) is 0 Å². The van der Waals surface area contributed by atoms with Gasteiger partial charge in [0, 0.05) is 24.2 Å². The van der Waals surface area contributed by atoms with E-state index in [-0.39, 0.29) is 0 Å². The molecule has 2 aromatic heterocycles. The van der Waals surface area contributed by atoms with Gasteiger partial charge in [-0.15, -0.1) is 11.3 Å². The molecule has 2 aromatic rings. The normalized spacial score (nSPS) is 21.3. The van der Waals surface area contributed by atoms with Crippen LogP contribution in [-0.2, 0) is 6.54 Å². The molecule has 0 N–H and O–H groups in total. The number of nitrogens with zero attached hydrogens (tertiary/aromatic N) is 3. The van der Waals surface area contributed by atoms with Crippen molar-refractivity contribution in [1.82, 2.24) is 14.7 Å². The van der Waals surface area contributed by atoms with Crippen LogP contribution in [-0.4, -0.2) is 27.8 Å². The minimum Gasteiger partial charge on any atom is -0.296 e. The summed E-state index contributed by atoms with van der Waals surface area (Å²) in [7, 11) is 0. The summed E-state index contributed by atoms with van der Waals surface area (Å²) in [5.41, 5.74) is 1.25. The van der Waals surface area contributed by atoms with Gasteiger partial charge in [0.05, 0.1) is 12.2 Å². The second-order valence-electron chi connectivity index (χ2n) is 5.11. The van der Waals surface area contributed by atoms with Gasteiger partial charge in [-0.2, -0.15) is 5.10 Å². The van der Waals surface area contributed by atoms with Gasteiger partial charge in [0.15, 0.2) is 0 Å². The zero-order valence-electron chi connectivity index (χ0n) is 10.7. The number of rotatable bonds is 3. The Labute approximate surface area is 112 Å². The summed E-state index contributed by atoms with van der Waals surface area (Å²) in [5, 5.41) is 6.62. The Hall–Kier alpha value is -1.13. The zero-order chi connectivity index (χ0) is 12.4. The minimum atomic E-state index is 0.549. The predicted molar refractivity (Wildman–Crippen MR) is 74.8 cm³/mol. The first-order valence-corrected chi connectivity index (χ1v) is 7.45. The summed E-state index contributed by atoms with van der Waals surface area (Å²) in [4.78, 5) is 4.02. The Kier molecular flexibility index (Phi) is 3.48. The van der Waals surface area contributed by atoms with Gasteiger partial charge < -0.3 is 0 Å². The molecule has 0 aromatic carbocycles. The SMILES string of the molecule is Cc1cnn(C2CCCN(Cc3cccs3)C2)c1.